The Bertz CT molecular complexity index is 429. The minimum Gasteiger partial charge on any atom is -0.299 e. The zero-order chi connectivity index (χ0) is 11.9. The third-order valence-electron chi connectivity index (χ3n) is 1.46. The Labute approximate surface area is 90.2 Å². The molecule has 82 valence electrons. The number of aryl methyl sites for hydroxylation is 1. The molecule has 1 rings (SSSR count). The normalized spacial score (nSPS) is 9.47. The van der Waals surface area contributed by atoms with Crippen LogP contribution in [0.1, 0.15) is 19.4 Å². The van der Waals surface area contributed by atoms with Crippen molar-refractivity contribution in [3.63, 3.8) is 0 Å². The van der Waals surface area contributed by atoms with Gasteiger partial charge in [-0.05, 0) is 19.1 Å². The molecule has 0 radical (unpaired) electrons. The molecule has 1 aromatic carbocycles. The summed E-state index contributed by atoms with van der Waals surface area (Å²) in [7, 11) is -3.89. The van der Waals surface area contributed by atoms with Gasteiger partial charge in [0.2, 0.25) is 0 Å². The minimum absolute atomic E-state index is 0.0142. The first-order valence-electron chi connectivity index (χ1n) is 4.45. The van der Waals surface area contributed by atoms with E-state index in [0.717, 1.165) is 11.8 Å². The van der Waals surface area contributed by atoms with Gasteiger partial charge in [0.05, 0.1) is 0 Å². The molecule has 0 aliphatic carbocycles. The largest absolute Gasteiger partial charge is 0.348 e. The fourth-order valence-electron chi connectivity index (χ4n) is 0.802. The van der Waals surface area contributed by atoms with Gasteiger partial charge in [-0.25, -0.2) is 0 Å². The van der Waals surface area contributed by atoms with Crippen molar-refractivity contribution in [3.8, 4) is 6.26 Å². The third kappa shape index (κ3) is 4.00. The summed E-state index contributed by atoms with van der Waals surface area (Å²) in [6.45, 7) is 5.83. The molecule has 1 aromatic rings. The zero-order valence-electron chi connectivity index (χ0n) is 8.89. The molecule has 0 saturated heterocycles. The van der Waals surface area contributed by atoms with Crippen LogP contribution in [0.15, 0.2) is 29.2 Å². The predicted octanol–water partition coefficient (Wildman–Crippen LogP) is 2.21. The molecule has 4 nitrogen and oxygen atoms in total. The number of nitriles is 1. The van der Waals surface area contributed by atoms with E-state index in [9.17, 15) is 8.42 Å². The lowest BCUT2D eigenvalue weighted by Crippen LogP contribution is -2.01. The molecule has 0 aliphatic heterocycles. The Morgan fingerprint density at radius 3 is 2.07 bits per heavy atom. The maximum absolute atomic E-state index is 11.1. The van der Waals surface area contributed by atoms with Crippen LogP contribution in [0.3, 0.4) is 0 Å². The van der Waals surface area contributed by atoms with Gasteiger partial charge < -0.3 is 0 Å². The van der Waals surface area contributed by atoms with E-state index in [2.05, 4.69) is 4.18 Å². The van der Waals surface area contributed by atoms with Gasteiger partial charge in [0.25, 0.3) is 0 Å². The van der Waals surface area contributed by atoms with Crippen LogP contribution in [-0.4, -0.2) is 8.42 Å². The molecule has 15 heavy (non-hydrogen) atoms. The van der Waals surface area contributed by atoms with Crippen molar-refractivity contribution in [2.45, 2.75) is 25.7 Å². The van der Waals surface area contributed by atoms with Gasteiger partial charge in [-0.15, -0.1) is 5.26 Å². The van der Waals surface area contributed by atoms with Crippen LogP contribution in [0.4, 0.5) is 0 Å². The molecule has 0 spiro atoms. The van der Waals surface area contributed by atoms with Gasteiger partial charge in [-0.2, -0.15) is 8.42 Å². The van der Waals surface area contributed by atoms with Gasteiger partial charge in [0, 0.05) is 0 Å². The van der Waals surface area contributed by atoms with Crippen LogP contribution in [0.5, 0.6) is 0 Å². The fourth-order valence-corrected chi connectivity index (χ4v) is 1.47. The summed E-state index contributed by atoms with van der Waals surface area (Å²) in [5, 5.41) is 8.07. The minimum atomic E-state index is -3.89. The average molecular weight is 227 g/mol. The maximum atomic E-state index is 11.1. The molecule has 0 unspecified atom stereocenters. The standard InChI is InChI=1S/C8H7NO3S.C2H6/c1-7-2-4-8(5-3-7)13(10,11)12-6-9;1-2/h2-5H,1H3;1-2H3. The highest BCUT2D eigenvalue weighted by molar-refractivity contribution is 7.86. The molecule has 0 N–H and O–H groups in total. The second-order valence-corrected chi connectivity index (χ2v) is 3.99. The van der Waals surface area contributed by atoms with Crippen molar-refractivity contribution in [2.75, 3.05) is 0 Å². The number of hydrogen-bond acceptors (Lipinski definition) is 4. The maximum Gasteiger partial charge on any atom is 0.348 e. The van der Waals surface area contributed by atoms with E-state index < -0.39 is 10.1 Å². The van der Waals surface area contributed by atoms with Crippen molar-refractivity contribution in [3.05, 3.63) is 29.8 Å². The van der Waals surface area contributed by atoms with Gasteiger partial charge in [-0.3, -0.25) is 4.18 Å². The van der Waals surface area contributed by atoms with Crippen LogP contribution in [-0.2, 0) is 14.3 Å². The van der Waals surface area contributed by atoms with Gasteiger partial charge >= 0.3 is 16.4 Å². The van der Waals surface area contributed by atoms with E-state index in [-0.39, 0.29) is 4.90 Å². The van der Waals surface area contributed by atoms with Crippen molar-refractivity contribution >= 4 is 10.1 Å². The lowest BCUT2D eigenvalue weighted by atomic mass is 10.2. The molecular formula is C10H13NO3S. The Morgan fingerprint density at radius 2 is 1.67 bits per heavy atom. The molecule has 0 saturated carbocycles. The Balaban J connectivity index is 0.000000921. The van der Waals surface area contributed by atoms with Gasteiger partial charge in [0.15, 0.2) is 0 Å². The molecule has 0 aliphatic rings. The first kappa shape index (κ1) is 13.5. The highest BCUT2D eigenvalue weighted by Gasteiger charge is 2.14. The summed E-state index contributed by atoms with van der Waals surface area (Å²) in [5.41, 5.74) is 0.941. The number of rotatable bonds is 2. The second-order valence-electron chi connectivity index (χ2n) is 2.44. The molecule has 0 fully saturated rings. The van der Waals surface area contributed by atoms with E-state index in [1.807, 2.05) is 20.8 Å². The highest BCUT2D eigenvalue weighted by Crippen LogP contribution is 2.12. The van der Waals surface area contributed by atoms with Crippen molar-refractivity contribution < 1.29 is 12.6 Å². The Hall–Kier alpha value is -1.54. The topological polar surface area (TPSA) is 67.2 Å². The lowest BCUT2D eigenvalue weighted by molar-refractivity contribution is 0.459. The SMILES string of the molecule is CC.Cc1ccc(S(=O)(=O)OC#N)cc1. The molecule has 0 bridgehead atoms. The molecule has 0 atom stereocenters. The van der Waals surface area contributed by atoms with E-state index >= 15 is 0 Å². The van der Waals surface area contributed by atoms with Crippen LogP contribution in [0.2, 0.25) is 0 Å². The first-order chi connectivity index (χ1) is 7.06. The molecule has 0 aromatic heterocycles. The molecule has 0 amide bonds. The molecular weight excluding hydrogens is 214 g/mol. The Kier molecular flexibility index (Phi) is 5.42. The number of hydrogen-bond donors (Lipinski definition) is 0. The van der Waals surface area contributed by atoms with Crippen LogP contribution in [0.25, 0.3) is 0 Å². The van der Waals surface area contributed by atoms with Crippen LogP contribution >= 0.6 is 0 Å². The van der Waals surface area contributed by atoms with Crippen molar-refractivity contribution in [2.24, 2.45) is 0 Å². The summed E-state index contributed by atoms with van der Waals surface area (Å²) >= 11 is 0. The summed E-state index contributed by atoms with van der Waals surface area (Å²) in [4.78, 5) is -0.0142. The zero-order valence-corrected chi connectivity index (χ0v) is 9.71. The van der Waals surface area contributed by atoms with Gasteiger partial charge in [0.1, 0.15) is 4.90 Å². The molecule has 5 heteroatoms. The van der Waals surface area contributed by atoms with E-state index in [1.54, 1.807) is 12.1 Å². The monoisotopic (exact) mass is 227 g/mol. The quantitative estimate of drug-likeness (QED) is 0.573. The Morgan fingerprint density at radius 1 is 1.20 bits per heavy atom. The third-order valence-corrected chi connectivity index (χ3v) is 2.60. The van der Waals surface area contributed by atoms with E-state index in [4.69, 9.17) is 5.26 Å². The summed E-state index contributed by atoms with van der Waals surface area (Å²) in [5.74, 6) is 0. The summed E-state index contributed by atoms with van der Waals surface area (Å²) in [6, 6.07) is 6.05. The second kappa shape index (κ2) is 6.04. The predicted molar refractivity (Wildman–Crippen MR) is 56.4 cm³/mol. The smallest absolute Gasteiger partial charge is 0.299 e. The van der Waals surface area contributed by atoms with Crippen molar-refractivity contribution in [1.29, 1.82) is 5.26 Å². The highest BCUT2D eigenvalue weighted by atomic mass is 32.2. The fraction of sp³-hybridized carbons (Fsp3) is 0.300. The van der Waals surface area contributed by atoms with E-state index in [0.29, 0.717) is 0 Å². The van der Waals surface area contributed by atoms with Crippen LogP contribution in [0, 0.1) is 18.4 Å². The number of nitrogens with zero attached hydrogens (tertiary/aromatic N) is 1. The van der Waals surface area contributed by atoms with Crippen molar-refractivity contribution in [1.82, 2.24) is 0 Å². The van der Waals surface area contributed by atoms with Gasteiger partial charge in [-0.1, -0.05) is 31.5 Å². The average Bonchev–Trinajstić information content (AvgIpc) is 2.21. The first-order valence-corrected chi connectivity index (χ1v) is 5.86. The lowest BCUT2D eigenvalue weighted by Gasteiger charge is -1.98. The van der Waals surface area contributed by atoms with Crippen LogP contribution < -0.4 is 0 Å². The van der Waals surface area contributed by atoms with E-state index in [1.165, 1.54) is 12.1 Å². The molecule has 0 heterocycles. The number of benzene rings is 1. The summed E-state index contributed by atoms with van der Waals surface area (Å²) in [6.07, 6.45) is 1.13. The summed E-state index contributed by atoms with van der Waals surface area (Å²) < 4.78 is 26.1.